The molecule has 1 heterocycles. The average molecular weight is 301 g/mol. The third-order valence-electron chi connectivity index (χ3n) is 4.39. The summed E-state index contributed by atoms with van der Waals surface area (Å²) in [6.45, 7) is 6.52. The standard InChI is InChI=1S/C17H23N3O2/c1-2-19-8-10-20(11-9-19)17(22)14-5-3-4-13(12-14)16(21)18-15-6-7-15/h3-5,12,15H,2,6-11H2,1H3,(H,18,21). The van der Waals surface area contributed by atoms with Crippen LogP contribution in [0.3, 0.4) is 0 Å². The molecule has 1 aliphatic heterocycles. The molecule has 3 rings (SSSR count). The molecule has 5 heteroatoms. The van der Waals surface area contributed by atoms with E-state index in [4.69, 9.17) is 0 Å². The number of amides is 2. The van der Waals surface area contributed by atoms with Crippen LogP contribution in [0.25, 0.3) is 0 Å². The van der Waals surface area contributed by atoms with Crippen molar-refractivity contribution in [3.63, 3.8) is 0 Å². The molecule has 1 saturated heterocycles. The van der Waals surface area contributed by atoms with Crippen molar-refractivity contribution in [3.8, 4) is 0 Å². The molecule has 118 valence electrons. The topological polar surface area (TPSA) is 52.7 Å². The number of nitrogens with one attached hydrogen (secondary N) is 1. The van der Waals surface area contributed by atoms with Gasteiger partial charge in [0.05, 0.1) is 0 Å². The molecule has 22 heavy (non-hydrogen) atoms. The van der Waals surface area contributed by atoms with E-state index in [0.29, 0.717) is 17.2 Å². The quantitative estimate of drug-likeness (QED) is 0.913. The fourth-order valence-electron chi connectivity index (χ4n) is 2.74. The molecule has 1 aromatic rings. The van der Waals surface area contributed by atoms with Crippen molar-refractivity contribution in [1.29, 1.82) is 0 Å². The molecule has 2 aliphatic rings. The van der Waals surface area contributed by atoms with Gasteiger partial charge in [0.2, 0.25) is 0 Å². The Balaban J connectivity index is 1.66. The van der Waals surface area contributed by atoms with Crippen molar-refractivity contribution in [2.45, 2.75) is 25.8 Å². The van der Waals surface area contributed by atoms with E-state index in [2.05, 4.69) is 17.1 Å². The fourth-order valence-corrected chi connectivity index (χ4v) is 2.74. The number of rotatable bonds is 4. The van der Waals surface area contributed by atoms with Crippen LogP contribution in [0.5, 0.6) is 0 Å². The maximum absolute atomic E-state index is 12.6. The van der Waals surface area contributed by atoms with Crippen molar-refractivity contribution < 1.29 is 9.59 Å². The monoisotopic (exact) mass is 301 g/mol. The van der Waals surface area contributed by atoms with Crippen LogP contribution in [0.2, 0.25) is 0 Å². The van der Waals surface area contributed by atoms with Gasteiger partial charge in [-0.25, -0.2) is 0 Å². The first-order valence-corrected chi connectivity index (χ1v) is 8.10. The van der Waals surface area contributed by atoms with Crippen LogP contribution in [-0.4, -0.2) is 60.4 Å². The predicted octanol–water partition coefficient (Wildman–Crippen LogP) is 1.36. The fraction of sp³-hybridized carbons (Fsp3) is 0.529. The average Bonchev–Trinajstić information content (AvgIpc) is 3.38. The minimum absolute atomic E-state index is 0.0248. The Hall–Kier alpha value is -1.88. The van der Waals surface area contributed by atoms with E-state index in [1.54, 1.807) is 24.3 Å². The third kappa shape index (κ3) is 3.47. The molecule has 1 N–H and O–H groups in total. The van der Waals surface area contributed by atoms with Crippen LogP contribution >= 0.6 is 0 Å². The molecule has 0 atom stereocenters. The van der Waals surface area contributed by atoms with Gasteiger partial charge in [0.25, 0.3) is 11.8 Å². The first-order chi connectivity index (χ1) is 10.7. The summed E-state index contributed by atoms with van der Waals surface area (Å²) in [6.07, 6.45) is 2.12. The Morgan fingerprint density at radius 2 is 1.82 bits per heavy atom. The molecule has 0 aromatic heterocycles. The van der Waals surface area contributed by atoms with Gasteiger partial charge in [0.15, 0.2) is 0 Å². The first kappa shape index (κ1) is 15.0. The molecule has 1 aromatic carbocycles. The molecular weight excluding hydrogens is 278 g/mol. The highest BCUT2D eigenvalue weighted by molar-refractivity contribution is 5.99. The highest BCUT2D eigenvalue weighted by Crippen LogP contribution is 2.19. The summed E-state index contributed by atoms with van der Waals surface area (Å²) in [7, 11) is 0. The number of hydrogen-bond acceptors (Lipinski definition) is 3. The molecule has 0 radical (unpaired) electrons. The Morgan fingerprint density at radius 1 is 1.14 bits per heavy atom. The van der Waals surface area contributed by atoms with Crippen LogP contribution in [0.15, 0.2) is 24.3 Å². The second-order valence-electron chi connectivity index (χ2n) is 6.06. The van der Waals surface area contributed by atoms with Crippen molar-refractivity contribution in [1.82, 2.24) is 15.1 Å². The van der Waals surface area contributed by atoms with E-state index < -0.39 is 0 Å². The summed E-state index contributed by atoms with van der Waals surface area (Å²) >= 11 is 0. The number of hydrogen-bond donors (Lipinski definition) is 1. The zero-order chi connectivity index (χ0) is 15.5. The zero-order valence-electron chi connectivity index (χ0n) is 13.0. The van der Waals surface area contributed by atoms with Gasteiger partial charge in [-0.05, 0) is 37.6 Å². The normalized spacial score (nSPS) is 19.0. The Labute approximate surface area is 131 Å². The highest BCUT2D eigenvalue weighted by Gasteiger charge is 2.25. The number of nitrogens with zero attached hydrogens (tertiary/aromatic N) is 2. The first-order valence-electron chi connectivity index (χ1n) is 8.10. The van der Waals surface area contributed by atoms with Gasteiger partial charge in [0.1, 0.15) is 0 Å². The van der Waals surface area contributed by atoms with Gasteiger partial charge in [-0.1, -0.05) is 13.0 Å². The van der Waals surface area contributed by atoms with E-state index in [1.807, 2.05) is 4.90 Å². The zero-order valence-corrected chi connectivity index (χ0v) is 13.0. The minimum Gasteiger partial charge on any atom is -0.349 e. The lowest BCUT2D eigenvalue weighted by Gasteiger charge is -2.34. The lowest BCUT2D eigenvalue weighted by molar-refractivity contribution is 0.0643. The summed E-state index contributed by atoms with van der Waals surface area (Å²) in [6, 6.07) is 7.39. The molecule has 1 aliphatic carbocycles. The lowest BCUT2D eigenvalue weighted by Crippen LogP contribution is -2.48. The predicted molar refractivity (Wildman–Crippen MR) is 84.9 cm³/mol. The van der Waals surface area contributed by atoms with Gasteiger partial charge < -0.3 is 15.1 Å². The van der Waals surface area contributed by atoms with Crippen LogP contribution in [0, 0.1) is 0 Å². The summed E-state index contributed by atoms with van der Waals surface area (Å²) in [5, 5.41) is 2.96. The van der Waals surface area contributed by atoms with E-state index >= 15 is 0 Å². The summed E-state index contributed by atoms with van der Waals surface area (Å²) in [5.41, 5.74) is 1.18. The molecule has 0 bridgehead atoms. The van der Waals surface area contributed by atoms with Gasteiger partial charge >= 0.3 is 0 Å². The number of likely N-dealkylation sites (N-methyl/N-ethyl adjacent to an activating group) is 1. The number of carbonyl (C=O) groups is 2. The number of piperazine rings is 1. The minimum atomic E-state index is -0.0760. The molecule has 2 fully saturated rings. The second-order valence-corrected chi connectivity index (χ2v) is 6.06. The Kier molecular flexibility index (Phi) is 4.43. The van der Waals surface area contributed by atoms with Gasteiger partial charge in [-0.3, -0.25) is 9.59 Å². The van der Waals surface area contributed by atoms with Gasteiger partial charge in [-0.2, -0.15) is 0 Å². The van der Waals surface area contributed by atoms with E-state index in [9.17, 15) is 9.59 Å². The Morgan fingerprint density at radius 3 is 2.45 bits per heavy atom. The van der Waals surface area contributed by atoms with Crippen molar-refractivity contribution in [2.75, 3.05) is 32.7 Å². The number of carbonyl (C=O) groups excluding carboxylic acids is 2. The van der Waals surface area contributed by atoms with Gasteiger partial charge in [-0.15, -0.1) is 0 Å². The smallest absolute Gasteiger partial charge is 0.253 e. The van der Waals surface area contributed by atoms with Crippen LogP contribution in [0.4, 0.5) is 0 Å². The van der Waals surface area contributed by atoms with Crippen molar-refractivity contribution in [3.05, 3.63) is 35.4 Å². The second kappa shape index (κ2) is 6.48. The maximum atomic E-state index is 12.6. The maximum Gasteiger partial charge on any atom is 0.253 e. The molecule has 5 nitrogen and oxygen atoms in total. The van der Waals surface area contributed by atoms with Gasteiger partial charge in [0, 0.05) is 43.3 Å². The van der Waals surface area contributed by atoms with Crippen LogP contribution in [-0.2, 0) is 0 Å². The van der Waals surface area contributed by atoms with Crippen molar-refractivity contribution in [2.24, 2.45) is 0 Å². The lowest BCUT2D eigenvalue weighted by atomic mass is 10.1. The Bertz CT molecular complexity index is 561. The molecule has 0 spiro atoms. The SMILES string of the molecule is CCN1CCN(C(=O)c2cccc(C(=O)NC3CC3)c2)CC1. The molecule has 0 unspecified atom stereocenters. The summed E-state index contributed by atoms with van der Waals surface area (Å²) in [5.74, 6) is -0.0511. The van der Waals surface area contributed by atoms with E-state index in [0.717, 1.165) is 45.6 Å². The third-order valence-corrected chi connectivity index (χ3v) is 4.39. The molecule has 1 saturated carbocycles. The van der Waals surface area contributed by atoms with Crippen LogP contribution < -0.4 is 5.32 Å². The van der Waals surface area contributed by atoms with Crippen molar-refractivity contribution >= 4 is 11.8 Å². The highest BCUT2D eigenvalue weighted by atomic mass is 16.2. The number of benzene rings is 1. The molecule has 2 amide bonds. The summed E-state index contributed by atoms with van der Waals surface area (Å²) in [4.78, 5) is 28.9. The van der Waals surface area contributed by atoms with E-state index in [-0.39, 0.29) is 11.8 Å². The molecular formula is C17H23N3O2. The largest absolute Gasteiger partial charge is 0.349 e. The summed E-state index contributed by atoms with van der Waals surface area (Å²) < 4.78 is 0. The van der Waals surface area contributed by atoms with Crippen LogP contribution in [0.1, 0.15) is 40.5 Å². The van der Waals surface area contributed by atoms with E-state index in [1.165, 1.54) is 0 Å².